The molecule has 5 nitrogen and oxygen atoms in total. The van der Waals surface area contributed by atoms with Crippen molar-refractivity contribution in [2.45, 2.75) is 38.2 Å². The van der Waals surface area contributed by atoms with Gasteiger partial charge in [-0.1, -0.05) is 0 Å². The van der Waals surface area contributed by atoms with Gasteiger partial charge in [0.1, 0.15) is 6.54 Å². The number of hydrogen-bond donors (Lipinski definition) is 1. The minimum Gasteiger partial charge on any atom is -0.370 e. The number of carbonyl (C=O) groups is 1. The lowest BCUT2D eigenvalue weighted by Crippen LogP contribution is -2.31. The topological polar surface area (TPSA) is 50.2 Å². The molecule has 1 aromatic heterocycles. The maximum atomic E-state index is 13.1. The van der Waals surface area contributed by atoms with E-state index in [4.69, 9.17) is 0 Å². The lowest BCUT2D eigenvalue weighted by Gasteiger charge is -2.31. The van der Waals surface area contributed by atoms with Crippen LogP contribution in [0.25, 0.3) is 0 Å². The van der Waals surface area contributed by atoms with Gasteiger partial charge in [-0.15, -0.1) is 0 Å². The van der Waals surface area contributed by atoms with Crippen LogP contribution in [0, 0.1) is 0 Å². The number of benzene rings is 1. The Morgan fingerprint density at radius 2 is 1.69 bits per heavy atom. The largest absolute Gasteiger partial charge is 0.435 e. The second kappa shape index (κ2) is 7.96. The zero-order valence-corrected chi connectivity index (χ0v) is 15.1. The van der Waals surface area contributed by atoms with Gasteiger partial charge in [0.25, 0.3) is 0 Å². The highest BCUT2D eigenvalue weighted by atomic mass is 19.4. The van der Waals surface area contributed by atoms with Crippen LogP contribution in [-0.4, -0.2) is 28.8 Å². The van der Waals surface area contributed by atoms with E-state index >= 15 is 0 Å². The number of carbonyl (C=O) groups excluding carboxylic acids is 1. The fourth-order valence-electron chi connectivity index (χ4n) is 3.16. The molecule has 1 aliphatic heterocycles. The molecule has 2 heterocycles. The third-order valence-electron chi connectivity index (χ3n) is 4.53. The van der Waals surface area contributed by atoms with E-state index in [-0.39, 0.29) is 5.69 Å². The number of alkyl halides is 6. The van der Waals surface area contributed by atoms with Crippen molar-refractivity contribution in [3.63, 3.8) is 0 Å². The van der Waals surface area contributed by atoms with E-state index in [2.05, 4.69) is 10.4 Å². The quantitative estimate of drug-likeness (QED) is 0.739. The van der Waals surface area contributed by atoms with E-state index in [1.165, 1.54) is 6.07 Å². The maximum absolute atomic E-state index is 13.1. The molecule has 1 fully saturated rings. The second-order valence-corrected chi connectivity index (χ2v) is 6.72. The molecule has 2 aromatic rings. The fraction of sp³-hybridized carbons (Fsp3) is 0.444. The molecule has 0 aliphatic carbocycles. The molecular weight excluding hydrogens is 402 g/mol. The molecule has 11 heteroatoms. The minimum absolute atomic E-state index is 0.0325. The summed E-state index contributed by atoms with van der Waals surface area (Å²) in [6.45, 7) is 0.719. The summed E-state index contributed by atoms with van der Waals surface area (Å²) in [7, 11) is 0. The van der Waals surface area contributed by atoms with Crippen LogP contribution in [0.5, 0.6) is 0 Å². The molecule has 0 spiro atoms. The highest BCUT2D eigenvalue weighted by Gasteiger charge is 2.34. The molecule has 0 bridgehead atoms. The average molecular weight is 420 g/mol. The van der Waals surface area contributed by atoms with Crippen LogP contribution in [0.1, 0.15) is 30.5 Å². The van der Waals surface area contributed by atoms with Gasteiger partial charge in [0, 0.05) is 19.3 Å². The highest BCUT2D eigenvalue weighted by molar-refractivity contribution is 5.94. The van der Waals surface area contributed by atoms with Crippen LogP contribution in [0.4, 0.5) is 37.7 Å². The summed E-state index contributed by atoms with van der Waals surface area (Å²) in [6, 6.07) is 3.81. The number of hydrogen-bond acceptors (Lipinski definition) is 3. The van der Waals surface area contributed by atoms with E-state index in [9.17, 15) is 31.1 Å². The lowest BCUT2D eigenvalue weighted by molar-refractivity contribution is -0.141. The average Bonchev–Trinajstić information content (AvgIpc) is 3.10. The van der Waals surface area contributed by atoms with Gasteiger partial charge in [0.05, 0.1) is 16.9 Å². The number of rotatable bonds is 4. The molecule has 1 N–H and O–H groups in total. The maximum Gasteiger partial charge on any atom is 0.435 e. The molecule has 1 aliphatic rings. The SMILES string of the molecule is O=C(Cn1ccc(C(F)(F)F)n1)Nc1cc(C(F)(F)F)ccc1N1CCCCC1. The van der Waals surface area contributed by atoms with Crippen molar-refractivity contribution in [3.05, 3.63) is 41.7 Å². The number of nitrogens with zero attached hydrogens (tertiary/aromatic N) is 3. The van der Waals surface area contributed by atoms with E-state index < -0.39 is 36.1 Å². The Morgan fingerprint density at radius 1 is 1.00 bits per heavy atom. The first-order valence-corrected chi connectivity index (χ1v) is 8.91. The van der Waals surface area contributed by atoms with Gasteiger partial charge in [-0.2, -0.15) is 31.4 Å². The normalized spacial score (nSPS) is 15.4. The van der Waals surface area contributed by atoms with E-state index in [1.807, 2.05) is 4.90 Å². The number of aromatic nitrogens is 2. The standard InChI is InChI=1S/C18H18F6N4O/c19-17(20,21)12-4-5-14(27-7-2-1-3-8-27)13(10-12)25-16(29)11-28-9-6-15(26-28)18(22,23)24/h4-6,9-10H,1-3,7-8,11H2,(H,25,29). The van der Waals surface area contributed by atoms with Crippen LogP contribution in [0.3, 0.4) is 0 Å². The highest BCUT2D eigenvalue weighted by Crippen LogP contribution is 2.36. The molecule has 158 valence electrons. The van der Waals surface area contributed by atoms with Gasteiger partial charge >= 0.3 is 12.4 Å². The molecule has 1 saturated heterocycles. The van der Waals surface area contributed by atoms with Gasteiger partial charge in [-0.05, 0) is 43.5 Å². The van der Waals surface area contributed by atoms with Crippen molar-refractivity contribution in [1.29, 1.82) is 0 Å². The third kappa shape index (κ3) is 5.21. The Bertz CT molecular complexity index is 868. The Hall–Kier alpha value is -2.72. The first-order chi connectivity index (χ1) is 13.5. The molecule has 29 heavy (non-hydrogen) atoms. The Labute approximate surface area is 162 Å². The summed E-state index contributed by atoms with van der Waals surface area (Å²) < 4.78 is 77.9. The molecule has 0 radical (unpaired) electrons. The Kier molecular flexibility index (Phi) is 5.76. The van der Waals surface area contributed by atoms with Crippen LogP contribution >= 0.6 is 0 Å². The molecule has 0 unspecified atom stereocenters. The van der Waals surface area contributed by atoms with Gasteiger partial charge in [0.15, 0.2) is 5.69 Å². The zero-order valence-electron chi connectivity index (χ0n) is 15.1. The predicted octanol–water partition coefficient (Wildman–Crippen LogP) is 4.55. The van der Waals surface area contributed by atoms with Crippen molar-refractivity contribution < 1.29 is 31.1 Å². The lowest BCUT2D eigenvalue weighted by atomic mass is 10.1. The van der Waals surface area contributed by atoms with E-state index in [0.29, 0.717) is 18.8 Å². The van der Waals surface area contributed by atoms with E-state index in [0.717, 1.165) is 48.3 Å². The molecular formula is C18H18F6N4O. The van der Waals surface area contributed by atoms with Crippen molar-refractivity contribution in [3.8, 4) is 0 Å². The van der Waals surface area contributed by atoms with Crippen LogP contribution < -0.4 is 10.2 Å². The second-order valence-electron chi connectivity index (χ2n) is 6.72. The number of nitrogens with one attached hydrogen (secondary N) is 1. The van der Waals surface area contributed by atoms with Crippen LogP contribution in [-0.2, 0) is 23.7 Å². The summed E-state index contributed by atoms with van der Waals surface area (Å²) in [6.07, 6.45) is -5.49. The van der Waals surface area contributed by atoms with Gasteiger partial charge in [-0.3, -0.25) is 9.48 Å². The van der Waals surface area contributed by atoms with E-state index in [1.54, 1.807) is 0 Å². The summed E-state index contributed by atoms with van der Waals surface area (Å²) >= 11 is 0. The number of anilines is 2. The number of amides is 1. The van der Waals surface area contributed by atoms with Gasteiger partial charge < -0.3 is 10.2 Å². The van der Waals surface area contributed by atoms with Crippen molar-refractivity contribution in [2.75, 3.05) is 23.3 Å². The first kappa shape index (κ1) is 21.0. The fourth-order valence-corrected chi connectivity index (χ4v) is 3.16. The third-order valence-corrected chi connectivity index (χ3v) is 4.53. The monoisotopic (exact) mass is 420 g/mol. The first-order valence-electron chi connectivity index (χ1n) is 8.91. The van der Waals surface area contributed by atoms with Crippen LogP contribution in [0.2, 0.25) is 0 Å². The van der Waals surface area contributed by atoms with Crippen molar-refractivity contribution in [1.82, 2.24) is 9.78 Å². The van der Waals surface area contributed by atoms with Crippen LogP contribution in [0.15, 0.2) is 30.5 Å². The Morgan fingerprint density at radius 3 is 2.28 bits per heavy atom. The summed E-state index contributed by atoms with van der Waals surface area (Å²) in [5.74, 6) is -0.778. The Balaban J connectivity index is 1.81. The molecule has 1 aromatic carbocycles. The summed E-state index contributed by atoms with van der Waals surface area (Å²) in [5, 5.41) is 5.67. The smallest absolute Gasteiger partial charge is 0.370 e. The van der Waals surface area contributed by atoms with Gasteiger partial charge in [-0.25, -0.2) is 0 Å². The number of piperidine rings is 1. The summed E-state index contributed by atoms with van der Waals surface area (Å²) in [4.78, 5) is 14.2. The van der Waals surface area contributed by atoms with Crippen molar-refractivity contribution >= 4 is 17.3 Å². The molecule has 3 rings (SSSR count). The predicted molar refractivity (Wildman–Crippen MR) is 93.4 cm³/mol. The molecule has 0 atom stereocenters. The molecule has 0 saturated carbocycles. The number of halogens is 6. The molecule has 1 amide bonds. The minimum atomic E-state index is -4.65. The van der Waals surface area contributed by atoms with Crippen molar-refractivity contribution in [2.24, 2.45) is 0 Å². The zero-order chi connectivity index (χ0) is 21.2. The van der Waals surface area contributed by atoms with Gasteiger partial charge in [0.2, 0.25) is 5.91 Å². The summed E-state index contributed by atoms with van der Waals surface area (Å²) in [5.41, 5.74) is -1.66.